The SMILES string of the molecule is CNC(=O)COc1cc2cc(Nc3nc(N4CCC(OC5CC(N6CCC(c7ccc8c(c7C)C(=O)N([C@@H]7CCC(=O)NC7=O)C8=O)CC6)C5)CC4)ncc3Cl)ccc2n(C(C)C)c1=O. The van der Waals surface area contributed by atoms with Crippen LogP contribution in [-0.2, 0) is 19.1 Å². The fraction of sp³-hybridized carbons (Fsp3) is 0.489. The van der Waals surface area contributed by atoms with Gasteiger partial charge in [0.25, 0.3) is 23.3 Å². The van der Waals surface area contributed by atoms with Crippen LogP contribution in [0.25, 0.3) is 10.9 Å². The first kappa shape index (κ1) is 44.3. The second kappa shape index (κ2) is 18.2. The fourth-order valence-corrected chi connectivity index (χ4v) is 10.3. The Balaban J connectivity index is 0.752. The smallest absolute Gasteiger partial charge is 0.293 e. The van der Waals surface area contributed by atoms with Crippen molar-refractivity contribution in [2.75, 3.05) is 50.1 Å². The number of piperidine rings is 3. The molecule has 5 aliphatic rings. The minimum atomic E-state index is -0.975. The second-order valence-corrected chi connectivity index (χ2v) is 18.4. The summed E-state index contributed by atoms with van der Waals surface area (Å²) < 4.78 is 13.9. The number of hydrogen-bond acceptors (Lipinski definition) is 13. The average molecular weight is 908 g/mol. The number of amides is 5. The molecule has 0 radical (unpaired) electrons. The zero-order chi connectivity index (χ0) is 45.7. The van der Waals surface area contributed by atoms with Crippen molar-refractivity contribution < 1.29 is 33.4 Å². The number of carbonyl (C=O) groups is 5. The highest BCUT2D eigenvalue weighted by Gasteiger charge is 2.46. The van der Waals surface area contributed by atoms with Crippen LogP contribution in [0.4, 0.5) is 17.5 Å². The van der Waals surface area contributed by atoms with Gasteiger partial charge in [0.2, 0.25) is 17.8 Å². The summed E-state index contributed by atoms with van der Waals surface area (Å²) in [7, 11) is 1.51. The van der Waals surface area contributed by atoms with Crippen LogP contribution >= 0.6 is 11.6 Å². The topological polar surface area (TPSA) is 197 Å². The first-order chi connectivity index (χ1) is 31.3. The van der Waals surface area contributed by atoms with E-state index in [1.165, 1.54) is 7.05 Å². The van der Waals surface area contributed by atoms with Gasteiger partial charge in [0.1, 0.15) is 11.1 Å². The maximum absolute atomic E-state index is 13.6. The van der Waals surface area contributed by atoms with Gasteiger partial charge in [-0.2, -0.15) is 4.98 Å². The van der Waals surface area contributed by atoms with Crippen molar-refractivity contribution in [2.45, 2.75) is 108 Å². The molecule has 0 bridgehead atoms. The number of likely N-dealkylation sites (tertiary alicyclic amines) is 1. The van der Waals surface area contributed by atoms with E-state index in [-0.39, 0.29) is 60.8 Å². The van der Waals surface area contributed by atoms with E-state index in [9.17, 15) is 28.8 Å². The predicted octanol–water partition coefficient (Wildman–Crippen LogP) is 5.00. The Morgan fingerprint density at radius 2 is 1.69 bits per heavy atom. The number of nitrogens with zero attached hydrogens (tertiary/aromatic N) is 6. The number of benzene rings is 2. The molecular weight excluding hydrogens is 854 g/mol. The van der Waals surface area contributed by atoms with Crippen LogP contribution in [0.1, 0.15) is 109 Å². The lowest BCUT2D eigenvalue weighted by atomic mass is 9.81. The highest BCUT2D eigenvalue weighted by molar-refractivity contribution is 6.33. The number of pyridine rings is 1. The van der Waals surface area contributed by atoms with Crippen LogP contribution in [0.15, 0.2) is 47.4 Å². The number of rotatable bonds is 12. The molecule has 4 aromatic rings. The molecule has 1 saturated carbocycles. The molecule has 342 valence electrons. The molecule has 3 saturated heterocycles. The molecule has 6 heterocycles. The molecule has 3 N–H and O–H groups in total. The molecule has 65 heavy (non-hydrogen) atoms. The Kier molecular flexibility index (Phi) is 12.4. The number of fused-ring (bicyclic) bond motifs is 2. The first-order valence-electron chi connectivity index (χ1n) is 22.6. The van der Waals surface area contributed by atoms with Crippen molar-refractivity contribution in [1.82, 2.24) is 35.0 Å². The molecule has 17 nitrogen and oxygen atoms in total. The first-order valence-corrected chi connectivity index (χ1v) is 23.0. The van der Waals surface area contributed by atoms with E-state index in [1.54, 1.807) is 22.9 Å². The van der Waals surface area contributed by atoms with Crippen LogP contribution < -0.4 is 31.1 Å². The maximum atomic E-state index is 13.6. The summed E-state index contributed by atoms with van der Waals surface area (Å²) in [4.78, 5) is 91.4. The molecular formula is C47H54ClN9O8. The number of aromatic nitrogens is 3. The monoisotopic (exact) mass is 907 g/mol. The molecule has 18 heteroatoms. The molecule has 1 aliphatic carbocycles. The summed E-state index contributed by atoms with van der Waals surface area (Å²) in [6, 6.07) is 10.3. The number of imide groups is 2. The minimum absolute atomic E-state index is 0.0874. The van der Waals surface area contributed by atoms with E-state index in [0.29, 0.717) is 39.6 Å². The van der Waals surface area contributed by atoms with Crippen molar-refractivity contribution in [3.63, 3.8) is 0 Å². The van der Waals surface area contributed by atoms with Gasteiger partial charge in [-0.25, -0.2) is 4.98 Å². The minimum Gasteiger partial charge on any atom is -0.478 e. The van der Waals surface area contributed by atoms with Gasteiger partial charge < -0.3 is 34.5 Å². The van der Waals surface area contributed by atoms with Gasteiger partial charge in [-0.15, -0.1) is 0 Å². The summed E-state index contributed by atoms with van der Waals surface area (Å²) in [6.45, 7) is 8.85. The quantitative estimate of drug-likeness (QED) is 0.161. The van der Waals surface area contributed by atoms with Crippen LogP contribution in [0.5, 0.6) is 5.75 Å². The van der Waals surface area contributed by atoms with E-state index in [1.807, 2.05) is 45.0 Å². The van der Waals surface area contributed by atoms with Gasteiger partial charge in [0.15, 0.2) is 18.2 Å². The van der Waals surface area contributed by atoms with Crippen molar-refractivity contribution in [3.05, 3.63) is 80.2 Å². The van der Waals surface area contributed by atoms with Gasteiger partial charge in [-0.3, -0.25) is 39.0 Å². The van der Waals surface area contributed by atoms with Gasteiger partial charge in [-0.05, 0) is 126 Å². The fourth-order valence-electron chi connectivity index (χ4n) is 10.1. The normalized spacial score (nSPS) is 22.0. The molecule has 9 rings (SSSR count). The number of hydrogen-bond donors (Lipinski definition) is 3. The van der Waals surface area contributed by atoms with Gasteiger partial charge in [0.05, 0.1) is 35.0 Å². The molecule has 2 aromatic heterocycles. The van der Waals surface area contributed by atoms with Crippen molar-refractivity contribution in [1.29, 1.82) is 0 Å². The molecule has 0 spiro atoms. The van der Waals surface area contributed by atoms with Crippen LogP contribution in [0.2, 0.25) is 5.02 Å². The Bertz CT molecular complexity index is 2630. The standard InChI is InChI=1S/C47H54ClN9O8/c1-25(2)56-36-8-5-29(19-28(36)20-38(45(56)62)64-24-40(59)49-4)51-42-35(48)23-50-47(53-42)55-17-13-31(14-18-55)65-32-21-30(22-32)54-15-11-27(12-16-54)33-6-7-34-41(26(33)3)46(63)57(44(34)61)37-9-10-39(58)52-43(37)60/h5-8,19-20,23,25,27,30-32,37H,9-18,21-22,24H2,1-4H3,(H,49,59)(H,50,51,53)(H,52,58,60)/t30?,32?,37-/m1/s1. The lowest BCUT2D eigenvalue weighted by molar-refractivity contribution is -0.136. The largest absolute Gasteiger partial charge is 0.478 e. The summed E-state index contributed by atoms with van der Waals surface area (Å²) in [6.07, 6.45) is 7.81. The second-order valence-electron chi connectivity index (χ2n) is 18.0. The average Bonchev–Trinajstić information content (AvgIpc) is 3.53. The number of ether oxygens (including phenoxy) is 2. The van der Waals surface area contributed by atoms with Gasteiger partial charge >= 0.3 is 0 Å². The van der Waals surface area contributed by atoms with Crippen molar-refractivity contribution in [2.24, 2.45) is 0 Å². The lowest BCUT2D eigenvalue weighted by Crippen LogP contribution is -2.54. The molecule has 1 atom stereocenters. The Morgan fingerprint density at radius 1 is 0.938 bits per heavy atom. The van der Waals surface area contributed by atoms with Crippen LogP contribution in [0, 0.1) is 6.92 Å². The number of carbonyl (C=O) groups excluding carboxylic acids is 5. The van der Waals surface area contributed by atoms with Crippen molar-refractivity contribution in [3.8, 4) is 5.75 Å². The molecule has 0 unspecified atom stereocenters. The van der Waals surface area contributed by atoms with E-state index < -0.39 is 29.7 Å². The summed E-state index contributed by atoms with van der Waals surface area (Å²) in [5.74, 6) is -0.870. The number of nitrogens with one attached hydrogen (secondary N) is 3. The van der Waals surface area contributed by atoms with E-state index in [0.717, 1.165) is 91.6 Å². The summed E-state index contributed by atoms with van der Waals surface area (Å²) in [5, 5.41) is 9.21. The molecule has 4 fully saturated rings. The third kappa shape index (κ3) is 8.68. The number of halogens is 1. The highest BCUT2D eigenvalue weighted by Crippen LogP contribution is 2.40. The zero-order valence-electron chi connectivity index (χ0n) is 37.0. The Hall–Kier alpha value is -5.91. The summed E-state index contributed by atoms with van der Waals surface area (Å²) >= 11 is 6.60. The van der Waals surface area contributed by atoms with Crippen molar-refractivity contribution >= 4 is 69.5 Å². The van der Waals surface area contributed by atoms with Gasteiger partial charge in [0, 0.05) is 49.7 Å². The maximum Gasteiger partial charge on any atom is 0.293 e. The number of likely N-dealkylation sites (N-methyl/N-ethyl adjacent to an activating group) is 1. The highest BCUT2D eigenvalue weighted by atomic mass is 35.5. The number of anilines is 3. The molecule has 4 aliphatic heterocycles. The van der Waals surface area contributed by atoms with Crippen LogP contribution in [-0.4, -0.2) is 118 Å². The van der Waals surface area contributed by atoms with E-state index in [4.69, 9.17) is 26.1 Å². The molecule has 5 amide bonds. The van der Waals surface area contributed by atoms with E-state index in [2.05, 4.69) is 30.7 Å². The predicted molar refractivity (Wildman–Crippen MR) is 243 cm³/mol. The molecule has 2 aromatic carbocycles. The lowest BCUT2D eigenvalue weighted by Gasteiger charge is -2.47. The van der Waals surface area contributed by atoms with E-state index >= 15 is 0 Å². The zero-order valence-corrected chi connectivity index (χ0v) is 37.8. The third-order valence-corrected chi connectivity index (χ3v) is 14.0. The third-order valence-electron chi connectivity index (χ3n) is 13.7. The van der Waals surface area contributed by atoms with Gasteiger partial charge in [-0.1, -0.05) is 17.7 Å². The Labute approximate surface area is 381 Å². The summed E-state index contributed by atoms with van der Waals surface area (Å²) in [5.41, 5.74) is 3.73. The van der Waals surface area contributed by atoms with Crippen LogP contribution in [0.3, 0.4) is 0 Å². The Morgan fingerprint density at radius 3 is 2.40 bits per heavy atom.